The summed E-state index contributed by atoms with van der Waals surface area (Å²) in [5.41, 5.74) is 0.839. The first-order valence-electron chi connectivity index (χ1n) is 8.63. The van der Waals surface area contributed by atoms with Crippen LogP contribution in [0.1, 0.15) is 50.8 Å². The minimum atomic E-state index is -0.245. The number of carbonyl (C=O) groups is 1. The molecule has 5 heteroatoms. The number of aromatic nitrogens is 2. The maximum absolute atomic E-state index is 13.1. The molecule has 2 atom stereocenters. The number of nitrogens with zero attached hydrogens (tertiary/aromatic N) is 3. The summed E-state index contributed by atoms with van der Waals surface area (Å²) in [4.78, 5) is 19.8. The number of carbonyl (C=O) groups excluding carboxylic acids is 1. The highest BCUT2D eigenvalue weighted by molar-refractivity contribution is 5.86. The first kappa shape index (κ1) is 14.2. The predicted molar refractivity (Wildman–Crippen MR) is 84.6 cm³/mol. The lowest BCUT2D eigenvalue weighted by atomic mass is 9.75. The molecule has 1 saturated carbocycles. The van der Waals surface area contributed by atoms with E-state index in [1.54, 1.807) is 0 Å². The number of likely N-dealkylation sites (tertiary alicyclic amines) is 1. The second-order valence-electron chi connectivity index (χ2n) is 7.62. The smallest absolute Gasteiger partial charge is 0.230 e. The highest BCUT2D eigenvalue weighted by Gasteiger charge is 2.55. The number of hydrogen-bond donors (Lipinski definition) is 1. The van der Waals surface area contributed by atoms with Crippen LogP contribution in [0, 0.1) is 11.3 Å². The molecule has 3 aliphatic rings. The Morgan fingerprint density at radius 1 is 1.45 bits per heavy atom. The van der Waals surface area contributed by atoms with Crippen molar-refractivity contribution in [2.75, 3.05) is 26.2 Å². The molecule has 1 amide bonds. The van der Waals surface area contributed by atoms with Gasteiger partial charge in [-0.2, -0.15) is 0 Å². The summed E-state index contributed by atoms with van der Waals surface area (Å²) in [7, 11) is 0. The van der Waals surface area contributed by atoms with E-state index in [0.717, 1.165) is 44.2 Å². The van der Waals surface area contributed by atoms with E-state index < -0.39 is 0 Å². The zero-order valence-electron chi connectivity index (χ0n) is 13.6. The second-order valence-corrected chi connectivity index (χ2v) is 7.62. The average molecular weight is 302 g/mol. The number of hydrogen-bond acceptors (Lipinski definition) is 3. The summed E-state index contributed by atoms with van der Waals surface area (Å²) in [6.45, 7) is 7.91. The van der Waals surface area contributed by atoms with E-state index >= 15 is 0 Å². The molecule has 1 aromatic rings. The van der Waals surface area contributed by atoms with Gasteiger partial charge in [0.05, 0.1) is 17.4 Å². The third-order valence-electron chi connectivity index (χ3n) is 5.75. The largest absolute Gasteiger partial charge is 0.342 e. The fourth-order valence-electron chi connectivity index (χ4n) is 4.09. The van der Waals surface area contributed by atoms with Crippen LogP contribution in [-0.2, 0) is 4.79 Å². The fraction of sp³-hybridized carbons (Fsp3) is 0.765. The van der Waals surface area contributed by atoms with Crippen molar-refractivity contribution in [1.29, 1.82) is 0 Å². The third kappa shape index (κ3) is 2.18. The van der Waals surface area contributed by atoms with E-state index in [4.69, 9.17) is 0 Å². The predicted octanol–water partition coefficient (Wildman–Crippen LogP) is 1.78. The molecule has 1 aliphatic carbocycles. The van der Waals surface area contributed by atoms with Crippen molar-refractivity contribution in [1.82, 2.24) is 19.8 Å². The average Bonchev–Trinajstić information content (AvgIpc) is 2.92. The molecule has 1 N–H and O–H groups in total. The molecule has 0 bridgehead atoms. The van der Waals surface area contributed by atoms with Crippen LogP contribution in [0.2, 0.25) is 0 Å². The Morgan fingerprint density at radius 2 is 2.27 bits per heavy atom. The Balaban J connectivity index is 1.58. The monoisotopic (exact) mass is 302 g/mol. The first-order valence-corrected chi connectivity index (χ1v) is 8.63. The van der Waals surface area contributed by atoms with Crippen LogP contribution in [-0.4, -0.2) is 46.5 Å². The summed E-state index contributed by atoms with van der Waals surface area (Å²) in [5.74, 6) is 1.37. The molecular formula is C17H26N4O. The van der Waals surface area contributed by atoms with Crippen LogP contribution < -0.4 is 5.32 Å². The molecule has 2 saturated heterocycles. The normalized spacial score (nSPS) is 31.9. The third-order valence-corrected chi connectivity index (χ3v) is 5.75. The Labute approximate surface area is 132 Å². The summed E-state index contributed by atoms with van der Waals surface area (Å²) in [6.07, 6.45) is 7.63. The van der Waals surface area contributed by atoms with E-state index in [-0.39, 0.29) is 11.3 Å². The SMILES string of the molecule is CC(C)n1cnc([C@H]2CNC[C@@]23CCN(CC2CC2)C3=O)c1. The van der Waals surface area contributed by atoms with Crippen LogP contribution in [0.3, 0.4) is 0 Å². The number of amides is 1. The lowest BCUT2D eigenvalue weighted by Crippen LogP contribution is -2.40. The zero-order valence-corrected chi connectivity index (χ0v) is 13.6. The molecule has 3 heterocycles. The van der Waals surface area contributed by atoms with Crippen molar-refractivity contribution < 1.29 is 4.79 Å². The van der Waals surface area contributed by atoms with Gasteiger partial charge in [-0.1, -0.05) is 0 Å². The summed E-state index contributed by atoms with van der Waals surface area (Å²) < 4.78 is 2.14. The molecule has 22 heavy (non-hydrogen) atoms. The molecular weight excluding hydrogens is 276 g/mol. The van der Waals surface area contributed by atoms with E-state index in [0.29, 0.717) is 11.9 Å². The summed E-state index contributed by atoms with van der Waals surface area (Å²) in [5, 5.41) is 3.47. The van der Waals surface area contributed by atoms with Crippen LogP contribution in [0.15, 0.2) is 12.5 Å². The molecule has 0 radical (unpaired) electrons. The van der Waals surface area contributed by atoms with Gasteiger partial charge in [0.2, 0.25) is 5.91 Å². The van der Waals surface area contributed by atoms with Gasteiger partial charge in [0.1, 0.15) is 0 Å². The van der Waals surface area contributed by atoms with Gasteiger partial charge in [-0.25, -0.2) is 4.98 Å². The van der Waals surface area contributed by atoms with E-state index in [1.807, 2.05) is 6.33 Å². The molecule has 120 valence electrons. The van der Waals surface area contributed by atoms with Gasteiger partial charge < -0.3 is 14.8 Å². The molecule has 3 fully saturated rings. The topological polar surface area (TPSA) is 50.2 Å². The lowest BCUT2D eigenvalue weighted by molar-refractivity contribution is -0.136. The van der Waals surface area contributed by atoms with Gasteiger partial charge >= 0.3 is 0 Å². The maximum atomic E-state index is 13.1. The van der Waals surface area contributed by atoms with Gasteiger partial charge in [-0.15, -0.1) is 0 Å². The van der Waals surface area contributed by atoms with Crippen molar-refractivity contribution in [2.45, 2.75) is 45.1 Å². The van der Waals surface area contributed by atoms with E-state index in [2.05, 4.69) is 39.8 Å². The van der Waals surface area contributed by atoms with Crippen LogP contribution >= 0.6 is 0 Å². The Hall–Kier alpha value is -1.36. The second kappa shape index (κ2) is 5.08. The Kier molecular flexibility index (Phi) is 3.29. The summed E-state index contributed by atoms with van der Waals surface area (Å²) >= 11 is 0. The highest BCUT2D eigenvalue weighted by Crippen LogP contribution is 2.47. The zero-order chi connectivity index (χ0) is 15.3. The minimum Gasteiger partial charge on any atom is -0.342 e. The van der Waals surface area contributed by atoms with Crippen molar-refractivity contribution in [2.24, 2.45) is 11.3 Å². The summed E-state index contributed by atoms with van der Waals surface area (Å²) in [6, 6.07) is 0.414. The first-order chi connectivity index (χ1) is 10.6. The van der Waals surface area contributed by atoms with Gasteiger partial charge in [-0.05, 0) is 39.0 Å². The van der Waals surface area contributed by atoms with Crippen molar-refractivity contribution in [3.63, 3.8) is 0 Å². The van der Waals surface area contributed by atoms with Gasteiger partial charge in [0, 0.05) is 44.3 Å². The van der Waals surface area contributed by atoms with Gasteiger partial charge in [0.25, 0.3) is 0 Å². The van der Waals surface area contributed by atoms with Crippen molar-refractivity contribution >= 4 is 5.91 Å². The van der Waals surface area contributed by atoms with E-state index in [9.17, 15) is 4.79 Å². The number of nitrogens with one attached hydrogen (secondary N) is 1. The molecule has 1 aromatic heterocycles. The fourth-order valence-corrected chi connectivity index (χ4v) is 4.09. The minimum absolute atomic E-state index is 0.226. The highest BCUT2D eigenvalue weighted by atomic mass is 16.2. The molecule has 2 aliphatic heterocycles. The lowest BCUT2D eigenvalue weighted by Gasteiger charge is -2.28. The number of imidazole rings is 1. The van der Waals surface area contributed by atoms with Crippen molar-refractivity contribution in [3.05, 3.63) is 18.2 Å². The van der Waals surface area contributed by atoms with Crippen LogP contribution in [0.5, 0.6) is 0 Å². The molecule has 0 unspecified atom stereocenters. The Morgan fingerprint density at radius 3 is 2.95 bits per heavy atom. The number of rotatable bonds is 4. The van der Waals surface area contributed by atoms with Gasteiger partial charge in [-0.3, -0.25) is 4.79 Å². The molecule has 5 nitrogen and oxygen atoms in total. The van der Waals surface area contributed by atoms with Gasteiger partial charge in [0.15, 0.2) is 0 Å². The molecule has 4 rings (SSSR count). The van der Waals surface area contributed by atoms with Crippen LogP contribution in [0.25, 0.3) is 0 Å². The van der Waals surface area contributed by atoms with Crippen LogP contribution in [0.4, 0.5) is 0 Å². The molecule has 1 spiro atoms. The molecule has 0 aromatic carbocycles. The van der Waals surface area contributed by atoms with E-state index in [1.165, 1.54) is 12.8 Å². The quantitative estimate of drug-likeness (QED) is 0.922. The standard InChI is InChI=1S/C17H26N4O/c1-12(2)21-9-15(19-11-21)14-7-18-10-17(14)5-6-20(16(17)22)8-13-3-4-13/h9,11-14,18H,3-8,10H2,1-2H3/t14-,17+/m1/s1. The maximum Gasteiger partial charge on any atom is 0.230 e. The Bertz CT molecular complexity index is 577. The van der Waals surface area contributed by atoms with Crippen molar-refractivity contribution in [3.8, 4) is 0 Å².